The van der Waals surface area contributed by atoms with Crippen molar-refractivity contribution in [2.45, 2.75) is 39.8 Å². The van der Waals surface area contributed by atoms with E-state index in [0.29, 0.717) is 5.92 Å². The third kappa shape index (κ3) is 4.19. The number of pyridine rings is 1. The summed E-state index contributed by atoms with van der Waals surface area (Å²) in [5.74, 6) is 1.40. The van der Waals surface area contributed by atoms with Gasteiger partial charge in [0.05, 0.1) is 6.10 Å². The van der Waals surface area contributed by atoms with E-state index in [1.54, 1.807) is 6.20 Å². The average molecular weight is 222 g/mol. The minimum absolute atomic E-state index is 0.213. The quantitative estimate of drug-likeness (QED) is 0.803. The van der Waals surface area contributed by atoms with Crippen LogP contribution >= 0.6 is 0 Å². The van der Waals surface area contributed by atoms with Gasteiger partial charge in [0, 0.05) is 18.3 Å². The normalized spacial score (nSPS) is 12.8. The molecule has 1 N–H and O–H groups in total. The number of nitrogens with zero attached hydrogens (tertiary/aromatic N) is 1. The molecule has 0 aromatic carbocycles. The second-order valence-electron chi connectivity index (χ2n) is 4.56. The van der Waals surface area contributed by atoms with Crippen molar-refractivity contribution in [3.8, 4) is 5.88 Å². The van der Waals surface area contributed by atoms with E-state index in [1.807, 2.05) is 19.2 Å². The van der Waals surface area contributed by atoms with Gasteiger partial charge >= 0.3 is 0 Å². The molecule has 0 saturated carbocycles. The minimum atomic E-state index is 0.213. The van der Waals surface area contributed by atoms with E-state index in [-0.39, 0.29) is 6.10 Å². The van der Waals surface area contributed by atoms with Gasteiger partial charge in [-0.1, -0.05) is 19.9 Å². The Hall–Kier alpha value is -1.09. The Bertz CT molecular complexity index is 313. The molecule has 0 fully saturated rings. The molecule has 1 atom stereocenters. The molecular weight excluding hydrogens is 200 g/mol. The van der Waals surface area contributed by atoms with Gasteiger partial charge < -0.3 is 10.1 Å². The van der Waals surface area contributed by atoms with Gasteiger partial charge in [0.25, 0.3) is 0 Å². The van der Waals surface area contributed by atoms with Crippen molar-refractivity contribution in [1.82, 2.24) is 10.3 Å². The minimum Gasteiger partial charge on any atom is -0.474 e. The van der Waals surface area contributed by atoms with Crippen LogP contribution in [-0.2, 0) is 6.54 Å². The first-order valence-electron chi connectivity index (χ1n) is 5.88. The Morgan fingerprint density at radius 2 is 2.12 bits per heavy atom. The van der Waals surface area contributed by atoms with Gasteiger partial charge in [-0.2, -0.15) is 0 Å². The summed E-state index contributed by atoms with van der Waals surface area (Å²) >= 11 is 0. The lowest BCUT2D eigenvalue weighted by atomic mass is 10.1. The molecule has 1 heterocycles. The fraction of sp³-hybridized carbons (Fsp3) is 0.615. The zero-order chi connectivity index (χ0) is 12.0. The van der Waals surface area contributed by atoms with Gasteiger partial charge in [0.1, 0.15) is 0 Å². The number of rotatable bonds is 6. The predicted octanol–water partition coefficient (Wildman–Crippen LogP) is 2.61. The molecule has 0 spiro atoms. The van der Waals surface area contributed by atoms with Crippen molar-refractivity contribution >= 4 is 0 Å². The fourth-order valence-electron chi connectivity index (χ4n) is 1.76. The maximum absolute atomic E-state index is 5.86. The highest BCUT2D eigenvalue weighted by molar-refractivity contribution is 5.25. The summed E-state index contributed by atoms with van der Waals surface area (Å²) in [5.41, 5.74) is 1.11. The predicted molar refractivity (Wildman–Crippen MR) is 66.5 cm³/mol. The first kappa shape index (κ1) is 13.0. The SMILES string of the molecule is CNCc1cccnc1OC(C)CC(C)C. The van der Waals surface area contributed by atoms with Crippen molar-refractivity contribution in [1.29, 1.82) is 0 Å². The molecule has 0 saturated heterocycles. The summed E-state index contributed by atoms with van der Waals surface area (Å²) in [6.45, 7) is 7.29. The Morgan fingerprint density at radius 3 is 2.75 bits per heavy atom. The van der Waals surface area contributed by atoms with Crippen molar-refractivity contribution in [2.75, 3.05) is 7.05 Å². The highest BCUT2D eigenvalue weighted by Crippen LogP contribution is 2.18. The Labute approximate surface area is 98.2 Å². The lowest BCUT2D eigenvalue weighted by Crippen LogP contribution is -2.17. The molecule has 3 heteroatoms. The molecule has 3 nitrogen and oxygen atoms in total. The largest absolute Gasteiger partial charge is 0.474 e. The van der Waals surface area contributed by atoms with E-state index in [0.717, 1.165) is 24.4 Å². The van der Waals surface area contributed by atoms with Crippen molar-refractivity contribution in [2.24, 2.45) is 5.92 Å². The van der Waals surface area contributed by atoms with E-state index in [2.05, 4.69) is 31.1 Å². The van der Waals surface area contributed by atoms with E-state index in [1.165, 1.54) is 0 Å². The van der Waals surface area contributed by atoms with Gasteiger partial charge in [-0.25, -0.2) is 4.98 Å². The molecule has 0 aliphatic heterocycles. The zero-order valence-electron chi connectivity index (χ0n) is 10.7. The molecule has 0 aliphatic rings. The molecule has 16 heavy (non-hydrogen) atoms. The number of nitrogens with one attached hydrogen (secondary N) is 1. The van der Waals surface area contributed by atoms with Gasteiger partial charge in [-0.15, -0.1) is 0 Å². The topological polar surface area (TPSA) is 34.2 Å². The second-order valence-corrected chi connectivity index (χ2v) is 4.56. The summed E-state index contributed by atoms with van der Waals surface area (Å²) in [5, 5.41) is 3.12. The number of ether oxygens (including phenoxy) is 1. The van der Waals surface area contributed by atoms with Gasteiger partial charge in [-0.3, -0.25) is 0 Å². The van der Waals surface area contributed by atoms with Crippen LogP contribution in [0.2, 0.25) is 0 Å². The van der Waals surface area contributed by atoms with Crippen LogP contribution in [0.3, 0.4) is 0 Å². The maximum atomic E-state index is 5.86. The number of aromatic nitrogens is 1. The smallest absolute Gasteiger partial charge is 0.218 e. The van der Waals surface area contributed by atoms with Crippen LogP contribution in [-0.4, -0.2) is 18.1 Å². The molecule has 1 aromatic heterocycles. The number of hydrogen-bond donors (Lipinski definition) is 1. The highest BCUT2D eigenvalue weighted by Gasteiger charge is 2.10. The van der Waals surface area contributed by atoms with Crippen molar-refractivity contribution in [3.05, 3.63) is 23.9 Å². The van der Waals surface area contributed by atoms with E-state index in [9.17, 15) is 0 Å². The Balaban J connectivity index is 2.64. The van der Waals surface area contributed by atoms with Gasteiger partial charge in [0.15, 0.2) is 0 Å². The lowest BCUT2D eigenvalue weighted by molar-refractivity contribution is 0.183. The monoisotopic (exact) mass is 222 g/mol. The second kappa shape index (κ2) is 6.48. The third-order valence-corrected chi connectivity index (χ3v) is 2.33. The first-order valence-corrected chi connectivity index (χ1v) is 5.88. The summed E-state index contributed by atoms with van der Waals surface area (Å²) < 4.78 is 5.86. The van der Waals surface area contributed by atoms with Crippen LogP contribution in [0.1, 0.15) is 32.8 Å². The summed E-state index contributed by atoms with van der Waals surface area (Å²) in [7, 11) is 1.92. The summed E-state index contributed by atoms with van der Waals surface area (Å²) in [6.07, 6.45) is 3.04. The molecule has 1 aromatic rings. The molecule has 1 unspecified atom stereocenters. The van der Waals surface area contributed by atoms with Crippen LogP contribution in [0, 0.1) is 5.92 Å². The summed E-state index contributed by atoms with van der Waals surface area (Å²) in [4.78, 5) is 4.28. The molecule has 0 amide bonds. The van der Waals surface area contributed by atoms with Crippen LogP contribution in [0.15, 0.2) is 18.3 Å². The van der Waals surface area contributed by atoms with Gasteiger partial charge in [-0.05, 0) is 32.4 Å². The van der Waals surface area contributed by atoms with Crippen LogP contribution in [0.25, 0.3) is 0 Å². The van der Waals surface area contributed by atoms with Crippen LogP contribution in [0.4, 0.5) is 0 Å². The van der Waals surface area contributed by atoms with E-state index in [4.69, 9.17) is 4.74 Å². The Kier molecular flexibility index (Phi) is 5.26. The van der Waals surface area contributed by atoms with Crippen molar-refractivity contribution in [3.63, 3.8) is 0 Å². The standard InChI is InChI=1S/C13H22N2O/c1-10(2)8-11(3)16-13-12(9-14-4)6-5-7-15-13/h5-7,10-11,14H,8-9H2,1-4H3. The van der Waals surface area contributed by atoms with E-state index >= 15 is 0 Å². The molecule has 0 aliphatic carbocycles. The fourth-order valence-corrected chi connectivity index (χ4v) is 1.76. The van der Waals surface area contributed by atoms with Crippen LogP contribution < -0.4 is 10.1 Å². The first-order chi connectivity index (χ1) is 7.63. The lowest BCUT2D eigenvalue weighted by Gasteiger charge is -2.17. The third-order valence-electron chi connectivity index (χ3n) is 2.33. The highest BCUT2D eigenvalue weighted by atomic mass is 16.5. The maximum Gasteiger partial charge on any atom is 0.218 e. The summed E-state index contributed by atoms with van der Waals surface area (Å²) in [6, 6.07) is 3.98. The zero-order valence-corrected chi connectivity index (χ0v) is 10.7. The number of hydrogen-bond acceptors (Lipinski definition) is 3. The molecule has 1 rings (SSSR count). The molecular formula is C13H22N2O. The molecule has 0 radical (unpaired) electrons. The van der Waals surface area contributed by atoms with E-state index < -0.39 is 0 Å². The average Bonchev–Trinajstić information content (AvgIpc) is 2.20. The van der Waals surface area contributed by atoms with Crippen LogP contribution in [0.5, 0.6) is 5.88 Å². The van der Waals surface area contributed by atoms with Crippen molar-refractivity contribution < 1.29 is 4.74 Å². The molecule has 90 valence electrons. The Morgan fingerprint density at radius 1 is 1.38 bits per heavy atom. The molecule has 0 bridgehead atoms. The van der Waals surface area contributed by atoms with Gasteiger partial charge in [0.2, 0.25) is 5.88 Å².